The number of carbonyl (C=O) groups is 1. The summed E-state index contributed by atoms with van der Waals surface area (Å²) in [4.78, 5) is 22.3. The Labute approximate surface area is 236 Å². The molecule has 0 fully saturated rings. The van der Waals surface area contributed by atoms with E-state index in [0.29, 0.717) is 33.4 Å². The number of methoxy groups -OCH3 is 2. The molecule has 0 saturated carbocycles. The lowest BCUT2D eigenvalue weighted by Gasteiger charge is -2.12. The number of amides is 2. The van der Waals surface area contributed by atoms with Crippen molar-refractivity contribution in [3.05, 3.63) is 84.3 Å². The average molecular weight is 581 g/mol. The van der Waals surface area contributed by atoms with Crippen LogP contribution in [-0.2, 0) is 6.18 Å². The highest BCUT2D eigenvalue weighted by Crippen LogP contribution is 2.37. The number of carbonyl (C=O) groups excluding carboxylic acids is 1. The number of aryl methyl sites for hydroxylation is 1. The van der Waals surface area contributed by atoms with Crippen LogP contribution in [0.1, 0.15) is 11.3 Å². The summed E-state index contributed by atoms with van der Waals surface area (Å²) in [5.74, 6) is 0.933. The van der Waals surface area contributed by atoms with E-state index in [1.165, 1.54) is 25.2 Å². The Bertz CT molecular complexity index is 1740. The van der Waals surface area contributed by atoms with Crippen molar-refractivity contribution in [2.45, 2.75) is 23.0 Å². The van der Waals surface area contributed by atoms with Crippen LogP contribution in [0.4, 0.5) is 29.5 Å². The second-order valence-corrected chi connectivity index (χ2v) is 9.84. The first-order valence-electron chi connectivity index (χ1n) is 12.1. The maximum absolute atomic E-state index is 13.4. The van der Waals surface area contributed by atoms with Crippen LogP contribution >= 0.6 is 11.8 Å². The van der Waals surface area contributed by atoms with Crippen molar-refractivity contribution < 1.29 is 27.4 Å². The van der Waals surface area contributed by atoms with E-state index >= 15 is 0 Å². The molecule has 0 atom stereocenters. The summed E-state index contributed by atoms with van der Waals surface area (Å²) >= 11 is 1.34. The molecule has 0 aliphatic rings. The fourth-order valence-electron chi connectivity index (χ4n) is 4.03. The molecule has 5 aromatic rings. The van der Waals surface area contributed by atoms with Gasteiger partial charge in [0.2, 0.25) is 0 Å². The van der Waals surface area contributed by atoms with Gasteiger partial charge in [-0.2, -0.15) is 18.3 Å². The third kappa shape index (κ3) is 6.19. The van der Waals surface area contributed by atoms with E-state index in [1.807, 2.05) is 6.07 Å². The Hall–Kier alpha value is -4.78. The van der Waals surface area contributed by atoms with E-state index in [1.54, 1.807) is 68.6 Å². The van der Waals surface area contributed by atoms with E-state index in [2.05, 4.69) is 25.7 Å². The molecule has 9 nitrogen and oxygen atoms in total. The van der Waals surface area contributed by atoms with Gasteiger partial charge in [0.15, 0.2) is 17.2 Å². The van der Waals surface area contributed by atoms with E-state index in [4.69, 9.17) is 9.47 Å². The van der Waals surface area contributed by atoms with Crippen LogP contribution in [0.2, 0.25) is 0 Å². The van der Waals surface area contributed by atoms with Crippen molar-refractivity contribution in [3.8, 4) is 17.2 Å². The number of nitrogens with one attached hydrogen (secondary N) is 2. The quantitative estimate of drug-likeness (QED) is 0.201. The van der Waals surface area contributed by atoms with E-state index < -0.39 is 17.9 Å². The van der Waals surface area contributed by atoms with Crippen LogP contribution in [0, 0.1) is 6.92 Å². The van der Waals surface area contributed by atoms with Crippen molar-refractivity contribution in [1.29, 1.82) is 0 Å². The van der Waals surface area contributed by atoms with Crippen molar-refractivity contribution >= 4 is 40.2 Å². The van der Waals surface area contributed by atoms with Crippen LogP contribution in [0.25, 0.3) is 16.6 Å². The number of urea groups is 1. The van der Waals surface area contributed by atoms with Crippen LogP contribution in [0.15, 0.2) is 83.0 Å². The summed E-state index contributed by atoms with van der Waals surface area (Å²) in [6.07, 6.45) is -3.24. The minimum atomic E-state index is -4.69. The first-order chi connectivity index (χ1) is 19.6. The topological polar surface area (TPSA) is 103 Å². The summed E-state index contributed by atoms with van der Waals surface area (Å²) in [6.45, 7) is 1.81. The summed E-state index contributed by atoms with van der Waals surface area (Å²) in [5.41, 5.74) is 1.16. The zero-order valence-corrected chi connectivity index (χ0v) is 22.8. The van der Waals surface area contributed by atoms with Gasteiger partial charge in [0.25, 0.3) is 0 Å². The first kappa shape index (κ1) is 27.8. The molecule has 2 amide bonds. The Balaban J connectivity index is 1.37. The third-order valence-electron chi connectivity index (χ3n) is 5.90. The van der Waals surface area contributed by atoms with Gasteiger partial charge in [-0.3, -0.25) is 5.32 Å². The fraction of sp³-hybridized carbons (Fsp3) is 0.143. The number of benzene rings is 3. The van der Waals surface area contributed by atoms with Gasteiger partial charge in [0.1, 0.15) is 17.2 Å². The minimum absolute atomic E-state index is 0.136. The Morgan fingerprint density at radius 3 is 2.41 bits per heavy atom. The zero-order chi connectivity index (χ0) is 29.1. The number of anilines is 2. The Kier molecular flexibility index (Phi) is 7.70. The Morgan fingerprint density at radius 1 is 0.927 bits per heavy atom. The molecule has 0 saturated heterocycles. The third-order valence-corrected chi connectivity index (χ3v) is 6.91. The summed E-state index contributed by atoms with van der Waals surface area (Å²) in [6, 6.07) is 17.3. The lowest BCUT2D eigenvalue weighted by Crippen LogP contribution is -2.21. The molecule has 210 valence electrons. The van der Waals surface area contributed by atoms with Crippen LogP contribution < -0.4 is 20.1 Å². The number of aromatic nitrogens is 4. The minimum Gasteiger partial charge on any atom is -0.493 e. The summed E-state index contributed by atoms with van der Waals surface area (Å²) in [5, 5.41) is 10.2. The molecule has 0 aliphatic carbocycles. The number of nitrogens with zero attached hydrogens (tertiary/aromatic N) is 4. The standard InChI is InChI=1S/C28H23F3N6O3S/c1-16-6-4-8-18(10-16)37-25(14-24(36-37)28(29,30)31)35-27(38)34-17-7-5-9-19(11-17)41-26-20-12-22(39-2)23(40-3)13-21(20)32-15-33-26/h4-15H,1-3H3,(H2,34,35,38). The lowest BCUT2D eigenvalue weighted by molar-refractivity contribution is -0.141. The number of rotatable bonds is 7. The van der Waals surface area contributed by atoms with Crippen molar-refractivity contribution in [2.24, 2.45) is 0 Å². The van der Waals surface area contributed by atoms with Crippen molar-refractivity contribution in [3.63, 3.8) is 0 Å². The normalized spacial score (nSPS) is 11.4. The van der Waals surface area contributed by atoms with Crippen LogP contribution in [0.5, 0.6) is 11.5 Å². The number of ether oxygens (including phenoxy) is 2. The van der Waals surface area contributed by atoms with Gasteiger partial charge in [-0.15, -0.1) is 0 Å². The summed E-state index contributed by atoms with van der Waals surface area (Å²) < 4.78 is 52.1. The number of alkyl halides is 3. The van der Waals surface area contributed by atoms with Crippen LogP contribution in [0.3, 0.4) is 0 Å². The highest BCUT2D eigenvalue weighted by atomic mass is 32.2. The molecule has 0 aliphatic heterocycles. The van der Waals surface area contributed by atoms with E-state index in [-0.39, 0.29) is 5.82 Å². The Morgan fingerprint density at radius 2 is 1.68 bits per heavy atom. The number of halogens is 3. The predicted molar refractivity (Wildman–Crippen MR) is 149 cm³/mol. The van der Waals surface area contributed by atoms with Gasteiger partial charge >= 0.3 is 12.2 Å². The zero-order valence-electron chi connectivity index (χ0n) is 22.0. The van der Waals surface area contributed by atoms with Gasteiger partial charge in [0, 0.05) is 28.1 Å². The molecule has 3 aromatic carbocycles. The monoisotopic (exact) mass is 580 g/mol. The van der Waals surface area contributed by atoms with E-state index in [0.717, 1.165) is 26.6 Å². The van der Waals surface area contributed by atoms with Crippen LogP contribution in [-0.4, -0.2) is 40.0 Å². The van der Waals surface area contributed by atoms with Gasteiger partial charge in [-0.1, -0.05) is 30.0 Å². The highest BCUT2D eigenvalue weighted by molar-refractivity contribution is 7.99. The van der Waals surface area contributed by atoms with Crippen molar-refractivity contribution in [2.75, 3.05) is 24.9 Å². The van der Waals surface area contributed by atoms with Crippen molar-refractivity contribution in [1.82, 2.24) is 19.7 Å². The largest absolute Gasteiger partial charge is 0.493 e. The maximum Gasteiger partial charge on any atom is 0.435 e. The van der Waals surface area contributed by atoms with Gasteiger partial charge in [0.05, 0.1) is 25.4 Å². The molecule has 41 heavy (non-hydrogen) atoms. The second kappa shape index (κ2) is 11.4. The summed E-state index contributed by atoms with van der Waals surface area (Å²) in [7, 11) is 3.08. The fourth-order valence-corrected chi connectivity index (χ4v) is 4.96. The molecular weight excluding hydrogens is 557 g/mol. The molecule has 2 N–H and O–H groups in total. The van der Waals surface area contributed by atoms with Gasteiger partial charge in [-0.25, -0.2) is 19.4 Å². The first-order valence-corrected chi connectivity index (χ1v) is 12.9. The number of hydrogen-bond acceptors (Lipinski definition) is 7. The molecule has 13 heteroatoms. The molecule has 0 bridgehead atoms. The average Bonchev–Trinajstić information content (AvgIpc) is 3.37. The number of fused-ring (bicyclic) bond motifs is 1. The molecule has 2 heterocycles. The molecule has 0 radical (unpaired) electrons. The molecule has 2 aromatic heterocycles. The maximum atomic E-state index is 13.4. The van der Waals surface area contributed by atoms with E-state index in [9.17, 15) is 18.0 Å². The number of hydrogen-bond donors (Lipinski definition) is 2. The highest BCUT2D eigenvalue weighted by Gasteiger charge is 2.35. The predicted octanol–water partition coefficient (Wildman–Crippen LogP) is 6.96. The molecular formula is C28H23F3N6O3S. The smallest absolute Gasteiger partial charge is 0.435 e. The SMILES string of the molecule is COc1cc2ncnc(Sc3cccc(NC(=O)Nc4cc(C(F)(F)F)nn4-c4cccc(C)c4)c3)c2cc1OC. The van der Waals surface area contributed by atoms with Gasteiger partial charge < -0.3 is 14.8 Å². The van der Waals surface area contributed by atoms with Gasteiger partial charge in [-0.05, 0) is 48.9 Å². The molecule has 5 rings (SSSR count). The molecule has 0 spiro atoms. The lowest BCUT2D eigenvalue weighted by atomic mass is 10.2. The second-order valence-electron chi connectivity index (χ2n) is 8.78. The molecule has 0 unspecified atom stereocenters.